The molecule has 2 aliphatic rings. The van der Waals surface area contributed by atoms with E-state index in [0.717, 1.165) is 25.0 Å². The summed E-state index contributed by atoms with van der Waals surface area (Å²) in [7, 11) is 0. The van der Waals surface area contributed by atoms with Gasteiger partial charge in [-0.3, -0.25) is 9.69 Å². The maximum Gasteiger partial charge on any atom is 0.416 e. The predicted molar refractivity (Wildman–Crippen MR) is 108 cm³/mol. The summed E-state index contributed by atoms with van der Waals surface area (Å²) < 4.78 is 38.9. The van der Waals surface area contributed by atoms with Crippen LogP contribution in [0.3, 0.4) is 0 Å². The van der Waals surface area contributed by atoms with Crippen LogP contribution in [0.15, 0.2) is 24.3 Å². The molecular weight excluding hydrogens is 397 g/mol. The zero-order chi connectivity index (χ0) is 21.9. The van der Waals surface area contributed by atoms with Gasteiger partial charge in [0.15, 0.2) is 0 Å². The summed E-state index contributed by atoms with van der Waals surface area (Å²) in [6, 6.07) is 4.96. The van der Waals surface area contributed by atoms with Gasteiger partial charge in [0.1, 0.15) is 5.54 Å². The molecule has 1 aromatic rings. The van der Waals surface area contributed by atoms with Gasteiger partial charge in [0.25, 0.3) is 5.91 Å². The van der Waals surface area contributed by atoms with Crippen molar-refractivity contribution in [2.45, 2.75) is 51.2 Å². The molecule has 2 heterocycles. The standard InChI is InChI=1S/C21H29F3N4O2/c1-3-8-20(9-4-2)18(29)28(19(30)25-20)15-26-10-12-27(13-11-26)17-7-5-6-16(14-17)21(22,23)24/h5-7,14H,3-4,8-13,15H2,1-2H3,(H,25,30). The van der Waals surface area contributed by atoms with Gasteiger partial charge in [0.05, 0.1) is 12.2 Å². The Morgan fingerprint density at radius 3 is 2.23 bits per heavy atom. The number of anilines is 1. The summed E-state index contributed by atoms with van der Waals surface area (Å²) in [6.45, 7) is 6.36. The number of urea groups is 1. The zero-order valence-electron chi connectivity index (χ0n) is 17.5. The number of nitrogens with one attached hydrogen (secondary N) is 1. The number of rotatable bonds is 7. The highest BCUT2D eigenvalue weighted by atomic mass is 19.4. The second-order valence-electron chi connectivity index (χ2n) is 8.04. The predicted octanol–water partition coefficient (Wildman–Crippen LogP) is 3.68. The molecule has 2 aliphatic heterocycles. The number of nitrogens with zero attached hydrogens (tertiary/aromatic N) is 3. The Balaban J connectivity index is 1.61. The van der Waals surface area contributed by atoms with E-state index in [1.807, 2.05) is 23.6 Å². The average molecular weight is 426 g/mol. The van der Waals surface area contributed by atoms with Gasteiger partial charge in [-0.05, 0) is 31.0 Å². The first kappa shape index (κ1) is 22.4. The van der Waals surface area contributed by atoms with Gasteiger partial charge < -0.3 is 10.2 Å². The molecule has 2 fully saturated rings. The largest absolute Gasteiger partial charge is 0.416 e. The molecule has 3 rings (SSSR count). The number of hydrogen-bond donors (Lipinski definition) is 1. The molecule has 0 atom stereocenters. The maximum absolute atomic E-state index is 13.0. The average Bonchev–Trinajstić information content (AvgIpc) is 2.93. The van der Waals surface area contributed by atoms with Gasteiger partial charge in [-0.2, -0.15) is 13.2 Å². The van der Waals surface area contributed by atoms with Gasteiger partial charge in [0.2, 0.25) is 0 Å². The van der Waals surface area contributed by atoms with Crippen LogP contribution in [0.2, 0.25) is 0 Å². The fraction of sp³-hybridized carbons (Fsp3) is 0.619. The molecule has 6 nitrogen and oxygen atoms in total. The fourth-order valence-electron chi connectivity index (χ4n) is 4.35. The SMILES string of the molecule is CCCC1(CCC)NC(=O)N(CN2CCN(c3cccc(C(F)(F)F)c3)CC2)C1=O. The zero-order valence-corrected chi connectivity index (χ0v) is 17.5. The summed E-state index contributed by atoms with van der Waals surface area (Å²) in [4.78, 5) is 30.7. The van der Waals surface area contributed by atoms with Crippen molar-refractivity contribution in [1.82, 2.24) is 15.1 Å². The van der Waals surface area contributed by atoms with Crippen LogP contribution in [0.5, 0.6) is 0 Å². The van der Waals surface area contributed by atoms with E-state index in [2.05, 4.69) is 5.32 Å². The molecule has 1 N–H and O–H groups in total. The van der Waals surface area contributed by atoms with E-state index in [0.29, 0.717) is 44.7 Å². The molecule has 0 unspecified atom stereocenters. The second-order valence-corrected chi connectivity index (χ2v) is 8.04. The first-order valence-electron chi connectivity index (χ1n) is 10.5. The van der Waals surface area contributed by atoms with Crippen molar-refractivity contribution >= 4 is 17.6 Å². The van der Waals surface area contributed by atoms with Crippen molar-refractivity contribution < 1.29 is 22.8 Å². The minimum absolute atomic E-state index is 0.170. The quantitative estimate of drug-likeness (QED) is 0.676. The minimum atomic E-state index is -4.37. The van der Waals surface area contributed by atoms with Crippen LogP contribution in [0.25, 0.3) is 0 Å². The lowest BCUT2D eigenvalue weighted by Gasteiger charge is -2.37. The highest BCUT2D eigenvalue weighted by molar-refractivity contribution is 6.07. The van der Waals surface area contributed by atoms with E-state index < -0.39 is 17.3 Å². The van der Waals surface area contributed by atoms with Crippen LogP contribution in [-0.2, 0) is 11.0 Å². The minimum Gasteiger partial charge on any atom is -0.369 e. The highest BCUT2D eigenvalue weighted by Gasteiger charge is 2.50. The second kappa shape index (κ2) is 8.83. The molecule has 3 amide bonds. The Hall–Kier alpha value is -2.29. The number of amides is 3. The van der Waals surface area contributed by atoms with E-state index in [9.17, 15) is 22.8 Å². The van der Waals surface area contributed by atoms with Crippen molar-refractivity contribution in [3.63, 3.8) is 0 Å². The Morgan fingerprint density at radius 2 is 1.67 bits per heavy atom. The highest BCUT2D eigenvalue weighted by Crippen LogP contribution is 2.32. The Labute approximate surface area is 175 Å². The van der Waals surface area contributed by atoms with Crippen molar-refractivity contribution in [1.29, 1.82) is 0 Å². The third kappa shape index (κ3) is 4.55. The van der Waals surface area contributed by atoms with Crippen LogP contribution in [-0.4, -0.2) is 60.1 Å². The summed E-state index contributed by atoms with van der Waals surface area (Å²) in [5.41, 5.74) is -0.935. The van der Waals surface area contributed by atoms with E-state index in [1.54, 1.807) is 6.07 Å². The maximum atomic E-state index is 13.0. The summed E-state index contributed by atoms with van der Waals surface area (Å²) in [6.07, 6.45) is -1.54. The Bertz CT molecular complexity index is 770. The number of carbonyl (C=O) groups excluding carboxylic acids is 2. The molecular formula is C21H29F3N4O2. The fourth-order valence-corrected chi connectivity index (χ4v) is 4.35. The van der Waals surface area contributed by atoms with Crippen LogP contribution < -0.4 is 10.2 Å². The topological polar surface area (TPSA) is 55.9 Å². The van der Waals surface area contributed by atoms with Crippen LogP contribution in [0, 0.1) is 0 Å². The molecule has 0 radical (unpaired) electrons. The van der Waals surface area contributed by atoms with Gasteiger partial charge in [-0.15, -0.1) is 0 Å². The molecule has 0 saturated carbocycles. The number of hydrogen-bond acceptors (Lipinski definition) is 4. The summed E-state index contributed by atoms with van der Waals surface area (Å²) in [5.74, 6) is -0.170. The first-order valence-corrected chi connectivity index (χ1v) is 10.5. The van der Waals surface area contributed by atoms with Gasteiger partial charge >= 0.3 is 12.2 Å². The van der Waals surface area contributed by atoms with Gasteiger partial charge in [-0.25, -0.2) is 9.69 Å². The van der Waals surface area contributed by atoms with Gasteiger partial charge in [0, 0.05) is 31.9 Å². The molecule has 2 saturated heterocycles. The lowest BCUT2D eigenvalue weighted by molar-refractivity contribution is -0.137. The molecule has 9 heteroatoms. The Kier molecular flexibility index (Phi) is 6.59. The molecule has 0 aromatic heterocycles. The van der Waals surface area contributed by atoms with Gasteiger partial charge in [-0.1, -0.05) is 32.8 Å². The van der Waals surface area contributed by atoms with E-state index in [1.165, 1.54) is 11.0 Å². The summed E-state index contributed by atoms with van der Waals surface area (Å²) in [5, 5.41) is 2.91. The van der Waals surface area contributed by atoms with E-state index >= 15 is 0 Å². The number of benzene rings is 1. The normalized spacial score (nSPS) is 20.0. The van der Waals surface area contributed by atoms with Crippen molar-refractivity contribution in [2.24, 2.45) is 0 Å². The lowest BCUT2D eigenvalue weighted by Crippen LogP contribution is -2.52. The first-order chi connectivity index (χ1) is 14.2. The smallest absolute Gasteiger partial charge is 0.369 e. The number of piperazine rings is 1. The van der Waals surface area contributed by atoms with Crippen molar-refractivity contribution in [2.75, 3.05) is 37.7 Å². The number of halogens is 3. The number of alkyl halides is 3. The molecule has 30 heavy (non-hydrogen) atoms. The van der Waals surface area contributed by atoms with Crippen molar-refractivity contribution in [3.8, 4) is 0 Å². The van der Waals surface area contributed by atoms with E-state index in [-0.39, 0.29) is 18.6 Å². The lowest BCUT2D eigenvalue weighted by atomic mass is 9.89. The van der Waals surface area contributed by atoms with Crippen LogP contribution in [0.1, 0.15) is 45.1 Å². The molecule has 166 valence electrons. The third-order valence-electron chi connectivity index (χ3n) is 5.85. The monoisotopic (exact) mass is 426 g/mol. The third-order valence-corrected chi connectivity index (χ3v) is 5.85. The Morgan fingerprint density at radius 1 is 1.03 bits per heavy atom. The summed E-state index contributed by atoms with van der Waals surface area (Å²) >= 11 is 0. The molecule has 0 spiro atoms. The van der Waals surface area contributed by atoms with E-state index in [4.69, 9.17) is 0 Å². The number of imide groups is 1. The molecule has 0 aliphatic carbocycles. The molecule has 0 bridgehead atoms. The molecule has 1 aromatic carbocycles. The van der Waals surface area contributed by atoms with Crippen LogP contribution in [0.4, 0.5) is 23.7 Å². The van der Waals surface area contributed by atoms with Crippen molar-refractivity contribution in [3.05, 3.63) is 29.8 Å². The number of carbonyl (C=O) groups is 2. The van der Waals surface area contributed by atoms with Crippen LogP contribution >= 0.6 is 0 Å².